The van der Waals surface area contributed by atoms with Crippen LogP contribution in [-0.2, 0) is 4.74 Å². The molecule has 0 aliphatic carbocycles. The number of nitrogens with zero attached hydrogens (tertiary/aromatic N) is 2. The number of esters is 1. The number of hydrogen-bond acceptors (Lipinski definition) is 4. The van der Waals surface area contributed by atoms with Crippen molar-refractivity contribution in [2.45, 2.75) is 6.92 Å². The number of carbonyl (C=O) groups is 2. The minimum Gasteiger partial charge on any atom is -0.461 e. The van der Waals surface area contributed by atoms with Gasteiger partial charge in [0.1, 0.15) is 11.6 Å². The number of amides is 1. The molecule has 0 atom stereocenters. The van der Waals surface area contributed by atoms with Gasteiger partial charge in [0.15, 0.2) is 5.69 Å². The molecule has 0 fully saturated rings. The highest BCUT2D eigenvalue weighted by molar-refractivity contribution is 6.04. The summed E-state index contributed by atoms with van der Waals surface area (Å²) < 4.78 is 34.3. The Morgan fingerprint density at radius 1 is 0.970 bits per heavy atom. The Kier molecular flexibility index (Phi) is 6.26. The second-order valence-corrected chi connectivity index (χ2v) is 7.04. The molecular weight excluding hydrogens is 428 g/mol. The first kappa shape index (κ1) is 21.9. The smallest absolute Gasteiger partial charge is 0.358 e. The second kappa shape index (κ2) is 9.44. The normalized spacial score (nSPS) is 10.6. The molecule has 1 heterocycles. The summed E-state index contributed by atoms with van der Waals surface area (Å²) in [4.78, 5) is 24.8. The van der Waals surface area contributed by atoms with Crippen molar-refractivity contribution >= 4 is 17.6 Å². The highest BCUT2D eigenvalue weighted by Gasteiger charge is 2.19. The van der Waals surface area contributed by atoms with E-state index in [2.05, 4.69) is 10.4 Å². The third kappa shape index (κ3) is 4.79. The van der Waals surface area contributed by atoms with Gasteiger partial charge >= 0.3 is 5.97 Å². The molecule has 8 heteroatoms. The minimum atomic E-state index is -0.630. The molecule has 0 saturated carbocycles. The molecule has 0 bridgehead atoms. The SMILES string of the molecule is CCOC(=O)c1cc(-c2cccc(NC(=O)c3ccccc3F)c2)n(-c2cccc(F)c2)n1. The van der Waals surface area contributed by atoms with Crippen LogP contribution in [0, 0.1) is 11.6 Å². The first-order chi connectivity index (χ1) is 16.0. The molecule has 4 aromatic rings. The fourth-order valence-corrected chi connectivity index (χ4v) is 3.30. The summed E-state index contributed by atoms with van der Waals surface area (Å²) in [6.07, 6.45) is 0. The van der Waals surface area contributed by atoms with Crippen LogP contribution >= 0.6 is 0 Å². The summed E-state index contributed by atoms with van der Waals surface area (Å²) in [5.41, 5.74) is 1.85. The van der Waals surface area contributed by atoms with E-state index in [9.17, 15) is 18.4 Å². The predicted molar refractivity (Wildman–Crippen MR) is 119 cm³/mol. The van der Waals surface area contributed by atoms with Crippen LogP contribution in [-0.4, -0.2) is 28.3 Å². The van der Waals surface area contributed by atoms with Crippen LogP contribution in [0.2, 0.25) is 0 Å². The van der Waals surface area contributed by atoms with Crippen LogP contribution in [0.4, 0.5) is 14.5 Å². The Morgan fingerprint density at radius 2 is 1.76 bits per heavy atom. The van der Waals surface area contributed by atoms with Gasteiger partial charge in [0, 0.05) is 11.3 Å². The van der Waals surface area contributed by atoms with Crippen LogP contribution in [0.1, 0.15) is 27.8 Å². The third-order valence-electron chi connectivity index (χ3n) is 4.78. The standard InChI is InChI=1S/C25H19F2N3O3/c1-2-33-25(32)22-15-23(30(29-22)19-10-6-8-17(26)14-19)16-7-5-9-18(13-16)28-24(31)20-11-3-4-12-21(20)27/h3-15H,2H2,1H3,(H,28,31). The molecule has 0 radical (unpaired) electrons. The summed E-state index contributed by atoms with van der Waals surface area (Å²) in [6.45, 7) is 1.86. The number of halogens is 2. The second-order valence-electron chi connectivity index (χ2n) is 7.04. The summed E-state index contributed by atoms with van der Waals surface area (Å²) in [6, 6.07) is 19.7. The Hall–Kier alpha value is -4.33. The zero-order valence-electron chi connectivity index (χ0n) is 17.6. The average molecular weight is 447 g/mol. The highest BCUT2D eigenvalue weighted by Crippen LogP contribution is 2.27. The Bertz CT molecular complexity index is 1330. The lowest BCUT2D eigenvalue weighted by molar-refractivity contribution is 0.0519. The van der Waals surface area contributed by atoms with Crippen LogP contribution in [0.15, 0.2) is 78.9 Å². The van der Waals surface area contributed by atoms with E-state index >= 15 is 0 Å². The number of ether oxygens (including phenoxy) is 1. The monoisotopic (exact) mass is 447 g/mol. The van der Waals surface area contributed by atoms with E-state index in [0.29, 0.717) is 22.6 Å². The molecule has 4 rings (SSSR count). The maximum atomic E-state index is 14.0. The molecule has 0 saturated heterocycles. The van der Waals surface area contributed by atoms with E-state index in [0.717, 1.165) is 0 Å². The largest absolute Gasteiger partial charge is 0.461 e. The van der Waals surface area contributed by atoms with Gasteiger partial charge in [0.05, 0.1) is 23.6 Å². The van der Waals surface area contributed by atoms with Gasteiger partial charge in [-0.1, -0.05) is 30.3 Å². The lowest BCUT2D eigenvalue weighted by Gasteiger charge is -2.10. The number of rotatable bonds is 6. The molecule has 0 aliphatic rings. The van der Waals surface area contributed by atoms with E-state index in [1.807, 2.05) is 0 Å². The maximum Gasteiger partial charge on any atom is 0.358 e. The first-order valence-corrected chi connectivity index (χ1v) is 10.2. The van der Waals surface area contributed by atoms with Gasteiger partial charge in [-0.25, -0.2) is 18.3 Å². The molecular formula is C25H19F2N3O3. The van der Waals surface area contributed by atoms with Crippen molar-refractivity contribution in [2.24, 2.45) is 0 Å². The summed E-state index contributed by atoms with van der Waals surface area (Å²) >= 11 is 0. The van der Waals surface area contributed by atoms with Crippen molar-refractivity contribution in [1.29, 1.82) is 0 Å². The van der Waals surface area contributed by atoms with Crippen LogP contribution in [0.5, 0.6) is 0 Å². The van der Waals surface area contributed by atoms with Gasteiger partial charge < -0.3 is 10.1 Å². The zero-order valence-corrected chi connectivity index (χ0v) is 17.6. The van der Waals surface area contributed by atoms with Crippen molar-refractivity contribution in [3.8, 4) is 16.9 Å². The molecule has 33 heavy (non-hydrogen) atoms. The number of hydrogen-bond donors (Lipinski definition) is 1. The Labute approximate surface area is 188 Å². The number of nitrogens with one attached hydrogen (secondary N) is 1. The van der Waals surface area contributed by atoms with Gasteiger partial charge in [0.25, 0.3) is 5.91 Å². The fraction of sp³-hybridized carbons (Fsp3) is 0.0800. The van der Waals surface area contributed by atoms with Crippen molar-refractivity contribution in [2.75, 3.05) is 11.9 Å². The van der Waals surface area contributed by atoms with Crippen LogP contribution in [0.25, 0.3) is 16.9 Å². The van der Waals surface area contributed by atoms with Crippen molar-refractivity contribution in [3.05, 3.63) is 102 Å². The molecule has 0 spiro atoms. The van der Waals surface area contributed by atoms with E-state index in [-0.39, 0.29) is 17.9 Å². The summed E-state index contributed by atoms with van der Waals surface area (Å²) in [5, 5.41) is 6.97. The summed E-state index contributed by atoms with van der Waals surface area (Å²) in [5.74, 6) is -2.30. The zero-order chi connectivity index (χ0) is 23.4. The van der Waals surface area contributed by atoms with Crippen molar-refractivity contribution in [1.82, 2.24) is 9.78 Å². The van der Waals surface area contributed by atoms with Crippen molar-refractivity contribution < 1.29 is 23.1 Å². The minimum absolute atomic E-state index is 0.0527. The Balaban J connectivity index is 1.73. The average Bonchev–Trinajstić information content (AvgIpc) is 3.25. The molecule has 1 amide bonds. The number of aromatic nitrogens is 2. The van der Waals surface area contributed by atoms with Gasteiger partial charge in [-0.3, -0.25) is 4.79 Å². The van der Waals surface area contributed by atoms with Gasteiger partial charge in [0.2, 0.25) is 0 Å². The van der Waals surface area contributed by atoms with E-state index in [1.54, 1.807) is 43.3 Å². The summed E-state index contributed by atoms with van der Waals surface area (Å²) in [7, 11) is 0. The lowest BCUT2D eigenvalue weighted by Crippen LogP contribution is -2.13. The van der Waals surface area contributed by atoms with Crippen LogP contribution < -0.4 is 5.32 Å². The van der Waals surface area contributed by atoms with Gasteiger partial charge in [-0.2, -0.15) is 5.10 Å². The molecule has 1 N–H and O–H groups in total. The molecule has 0 unspecified atom stereocenters. The lowest BCUT2D eigenvalue weighted by atomic mass is 10.1. The predicted octanol–water partition coefficient (Wildman–Crippen LogP) is 5.25. The Morgan fingerprint density at radius 3 is 2.52 bits per heavy atom. The van der Waals surface area contributed by atoms with E-state index in [1.165, 1.54) is 47.1 Å². The highest BCUT2D eigenvalue weighted by atomic mass is 19.1. The van der Waals surface area contributed by atoms with Gasteiger partial charge in [-0.05, 0) is 55.5 Å². The van der Waals surface area contributed by atoms with E-state index in [4.69, 9.17) is 4.74 Å². The number of benzene rings is 3. The quantitative estimate of drug-likeness (QED) is 0.410. The topological polar surface area (TPSA) is 73.2 Å². The third-order valence-corrected chi connectivity index (χ3v) is 4.78. The van der Waals surface area contributed by atoms with Crippen LogP contribution in [0.3, 0.4) is 0 Å². The molecule has 1 aromatic heterocycles. The molecule has 6 nitrogen and oxygen atoms in total. The molecule has 166 valence electrons. The molecule has 0 aliphatic heterocycles. The first-order valence-electron chi connectivity index (χ1n) is 10.2. The van der Waals surface area contributed by atoms with Crippen molar-refractivity contribution in [3.63, 3.8) is 0 Å². The van der Waals surface area contributed by atoms with Gasteiger partial charge in [-0.15, -0.1) is 0 Å². The number of anilines is 1. The molecule has 3 aromatic carbocycles. The fourth-order valence-electron chi connectivity index (χ4n) is 3.30. The number of carbonyl (C=O) groups excluding carboxylic acids is 2. The maximum absolute atomic E-state index is 14.0. The van der Waals surface area contributed by atoms with E-state index < -0.39 is 23.5 Å².